The summed E-state index contributed by atoms with van der Waals surface area (Å²) in [6, 6.07) is 15.1. The fraction of sp³-hybridized carbons (Fsp3) is 0.296. The summed E-state index contributed by atoms with van der Waals surface area (Å²) < 4.78 is 18.8. The quantitative estimate of drug-likeness (QED) is 0.445. The van der Waals surface area contributed by atoms with Gasteiger partial charge in [-0.15, -0.1) is 0 Å². The number of nitrogens with one attached hydrogen (secondary N) is 1. The van der Waals surface area contributed by atoms with Crippen LogP contribution in [0.3, 0.4) is 0 Å². The van der Waals surface area contributed by atoms with E-state index in [0.29, 0.717) is 40.8 Å². The van der Waals surface area contributed by atoms with Crippen LogP contribution in [-0.4, -0.2) is 41.2 Å². The first kappa shape index (κ1) is 24.1. The lowest BCUT2D eigenvalue weighted by Crippen LogP contribution is -2.36. The number of aromatic nitrogens is 1. The van der Waals surface area contributed by atoms with E-state index in [9.17, 15) is 14.0 Å². The van der Waals surface area contributed by atoms with Gasteiger partial charge in [0.2, 0.25) is 0 Å². The number of ether oxygens (including phenoxy) is 1. The number of carbonyl (C=O) groups excluding carboxylic acids is 1. The second-order valence-electron chi connectivity index (χ2n) is 9.20. The number of aromatic carboxylic acids is 1. The maximum Gasteiger partial charge on any atom is 0.335 e. The van der Waals surface area contributed by atoms with Crippen LogP contribution in [0.15, 0.2) is 60.8 Å². The molecule has 0 bridgehead atoms. The predicted octanol–water partition coefficient (Wildman–Crippen LogP) is 4.98. The molecule has 0 radical (unpaired) electrons. The van der Waals surface area contributed by atoms with Gasteiger partial charge in [-0.3, -0.25) is 4.79 Å². The molecule has 1 saturated heterocycles. The van der Waals surface area contributed by atoms with Crippen molar-refractivity contribution in [2.45, 2.75) is 37.6 Å². The van der Waals surface area contributed by atoms with E-state index in [0.717, 1.165) is 24.8 Å². The van der Waals surface area contributed by atoms with Crippen molar-refractivity contribution in [2.75, 3.05) is 18.0 Å². The van der Waals surface area contributed by atoms with E-state index in [1.807, 2.05) is 4.90 Å². The number of carbonyl (C=O) groups is 2. The van der Waals surface area contributed by atoms with E-state index in [1.54, 1.807) is 54.6 Å². The van der Waals surface area contributed by atoms with Crippen LogP contribution in [0.5, 0.6) is 5.75 Å². The van der Waals surface area contributed by atoms with E-state index in [2.05, 4.69) is 10.3 Å². The lowest BCUT2D eigenvalue weighted by Gasteiger charge is -2.23. The molecule has 1 atom stereocenters. The average Bonchev–Trinajstić information content (AvgIpc) is 3.52. The summed E-state index contributed by atoms with van der Waals surface area (Å²) in [4.78, 5) is 31.1. The molecule has 1 aliphatic carbocycles. The number of rotatable bonds is 8. The van der Waals surface area contributed by atoms with Crippen LogP contribution < -0.4 is 15.0 Å². The summed E-state index contributed by atoms with van der Waals surface area (Å²) in [5.74, 6) is -0.0702. The molecule has 5 rings (SSSR count). The molecule has 2 aliphatic rings. The van der Waals surface area contributed by atoms with Crippen LogP contribution in [0.4, 0.5) is 10.2 Å². The van der Waals surface area contributed by atoms with Crippen molar-refractivity contribution in [3.05, 3.63) is 88.1 Å². The van der Waals surface area contributed by atoms with Gasteiger partial charge in [-0.25, -0.2) is 14.2 Å². The van der Waals surface area contributed by atoms with Gasteiger partial charge in [0.05, 0.1) is 28.2 Å². The van der Waals surface area contributed by atoms with Gasteiger partial charge in [-0.05, 0) is 54.3 Å². The SMILES string of the molecule is O=C(O)c1ccc(C2(NC(=O)c3cc(Cl)cnc3N3CCC(Oc4ccc(CF)cc4)C3)CC2)cc1. The van der Waals surface area contributed by atoms with Gasteiger partial charge in [0.25, 0.3) is 5.91 Å². The standard InChI is InChI=1S/C27H25ClFN3O4/c28-20-13-23(25(33)31-27(10-11-27)19-5-3-18(4-6-19)26(34)35)24(30-15-20)32-12-9-22(16-32)36-21-7-1-17(14-29)2-8-21/h1-8,13,15,22H,9-12,14,16H2,(H,31,33)(H,34,35). The zero-order chi connectivity index (χ0) is 25.3. The van der Waals surface area contributed by atoms with Crippen LogP contribution >= 0.6 is 11.6 Å². The highest BCUT2D eigenvalue weighted by atomic mass is 35.5. The molecule has 2 aromatic carbocycles. The number of amides is 1. The fourth-order valence-corrected chi connectivity index (χ4v) is 4.70. The normalized spacial score (nSPS) is 18.1. The first-order valence-electron chi connectivity index (χ1n) is 11.8. The smallest absolute Gasteiger partial charge is 0.335 e. The number of halogens is 2. The Morgan fingerprint density at radius 2 is 1.89 bits per heavy atom. The van der Waals surface area contributed by atoms with Gasteiger partial charge < -0.3 is 20.1 Å². The summed E-state index contributed by atoms with van der Waals surface area (Å²) in [7, 11) is 0. The zero-order valence-corrected chi connectivity index (χ0v) is 20.2. The number of pyridine rings is 1. The molecule has 7 nitrogen and oxygen atoms in total. The number of nitrogens with zero attached hydrogens (tertiary/aromatic N) is 2. The largest absolute Gasteiger partial charge is 0.489 e. The topological polar surface area (TPSA) is 91.8 Å². The molecular weight excluding hydrogens is 485 g/mol. The number of carboxylic acids is 1. The van der Waals surface area contributed by atoms with E-state index in [4.69, 9.17) is 21.4 Å². The first-order valence-corrected chi connectivity index (χ1v) is 12.1. The number of alkyl halides is 1. The Hall–Kier alpha value is -3.65. The van der Waals surface area contributed by atoms with Crippen molar-refractivity contribution in [1.29, 1.82) is 0 Å². The van der Waals surface area contributed by atoms with Crippen molar-refractivity contribution < 1.29 is 23.8 Å². The summed E-state index contributed by atoms with van der Waals surface area (Å²) in [6.07, 6.45) is 3.69. The average molecular weight is 510 g/mol. The van der Waals surface area contributed by atoms with Crippen molar-refractivity contribution in [3.8, 4) is 5.75 Å². The van der Waals surface area contributed by atoms with Crippen LogP contribution in [-0.2, 0) is 12.2 Å². The Bertz CT molecular complexity index is 1280. The van der Waals surface area contributed by atoms with Crippen molar-refractivity contribution in [1.82, 2.24) is 10.3 Å². The molecule has 2 N–H and O–H groups in total. The molecule has 2 fully saturated rings. The highest BCUT2D eigenvalue weighted by Gasteiger charge is 2.46. The maximum atomic E-state index is 13.4. The Kier molecular flexibility index (Phi) is 6.53. The van der Waals surface area contributed by atoms with Crippen LogP contribution in [0.1, 0.15) is 51.1 Å². The highest BCUT2D eigenvalue weighted by Crippen LogP contribution is 2.46. The Morgan fingerprint density at radius 1 is 1.17 bits per heavy atom. The monoisotopic (exact) mass is 509 g/mol. The summed E-state index contributed by atoms with van der Waals surface area (Å²) in [6.45, 7) is 0.686. The van der Waals surface area contributed by atoms with Crippen LogP contribution in [0.2, 0.25) is 5.02 Å². The summed E-state index contributed by atoms with van der Waals surface area (Å²) >= 11 is 6.21. The fourth-order valence-electron chi connectivity index (χ4n) is 4.54. The van der Waals surface area contributed by atoms with Gasteiger partial charge in [-0.2, -0.15) is 0 Å². The molecule has 1 saturated carbocycles. The zero-order valence-electron chi connectivity index (χ0n) is 19.4. The third kappa shape index (κ3) is 4.99. The number of hydrogen-bond donors (Lipinski definition) is 2. The highest BCUT2D eigenvalue weighted by molar-refractivity contribution is 6.31. The molecule has 2 heterocycles. The van der Waals surface area contributed by atoms with Crippen molar-refractivity contribution in [2.24, 2.45) is 0 Å². The maximum absolute atomic E-state index is 13.4. The van der Waals surface area contributed by atoms with E-state index < -0.39 is 18.2 Å². The second kappa shape index (κ2) is 9.78. The molecule has 1 aliphatic heterocycles. The van der Waals surface area contributed by atoms with Gasteiger partial charge in [0, 0.05) is 19.2 Å². The van der Waals surface area contributed by atoms with Gasteiger partial charge in [0.1, 0.15) is 24.3 Å². The van der Waals surface area contributed by atoms with Crippen molar-refractivity contribution >= 4 is 29.3 Å². The minimum absolute atomic E-state index is 0.0999. The third-order valence-electron chi connectivity index (χ3n) is 6.69. The van der Waals surface area contributed by atoms with E-state index >= 15 is 0 Å². The molecule has 9 heteroatoms. The second-order valence-corrected chi connectivity index (χ2v) is 9.63. The minimum atomic E-state index is -0.991. The summed E-state index contributed by atoms with van der Waals surface area (Å²) in [5, 5.41) is 12.6. The van der Waals surface area contributed by atoms with E-state index in [-0.39, 0.29) is 17.6 Å². The molecule has 1 unspecified atom stereocenters. The summed E-state index contributed by atoms with van der Waals surface area (Å²) in [5.41, 5.74) is 1.51. The third-order valence-corrected chi connectivity index (χ3v) is 6.90. The molecule has 186 valence electrons. The molecule has 36 heavy (non-hydrogen) atoms. The molecule has 0 spiro atoms. The van der Waals surface area contributed by atoms with Gasteiger partial charge in [0.15, 0.2) is 0 Å². The molecular formula is C27H25ClFN3O4. The van der Waals surface area contributed by atoms with Crippen molar-refractivity contribution in [3.63, 3.8) is 0 Å². The lowest BCUT2D eigenvalue weighted by molar-refractivity contribution is 0.0696. The van der Waals surface area contributed by atoms with Gasteiger partial charge in [-0.1, -0.05) is 35.9 Å². The molecule has 3 aromatic rings. The van der Waals surface area contributed by atoms with Gasteiger partial charge >= 0.3 is 5.97 Å². The molecule has 1 aromatic heterocycles. The lowest BCUT2D eigenvalue weighted by atomic mass is 10.0. The first-order chi connectivity index (χ1) is 17.4. The van der Waals surface area contributed by atoms with E-state index in [1.165, 1.54) is 6.20 Å². The Morgan fingerprint density at radius 3 is 2.53 bits per heavy atom. The number of carboxylic acid groups (broad SMARTS) is 1. The Labute approximate surface area is 212 Å². The predicted molar refractivity (Wildman–Crippen MR) is 134 cm³/mol. The van der Waals surface area contributed by atoms with Crippen LogP contribution in [0, 0.1) is 0 Å². The number of hydrogen-bond acceptors (Lipinski definition) is 5. The number of benzene rings is 2. The minimum Gasteiger partial charge on any atom is -0.489 e. The molecule has 1 amide bonds. The van der Waals surface area contributed by atoms with Crippen LogP contribution in [0.25, 0.3) is 0 Å². The number of anilines is 1. The Balaban J connectivity index is 1.30.